The fraction of sp³-hybridized carbons (Fsp3) is 0.462. The van der Waals surface area contributed by atoms with Gasteiger partial charge in [-0.1, -0.05) is 12.1 Å². The lowest BCUT2D eigenvalue weighted by Gasteiger charge is -2.37. The van der Waals surface area contributed by atoms with Crippen LogP contribution < -0.4 is 0 Å². The summed E-state index contributed by atoms with van der Waals surface area (Å²) in [5, 5.41) is 18.4. The summed E-state index contributed by atoms with van der Waals surface area (Å²) >= 11 is 0. The van der Waals surface area contributed by atoms with E-state index in [1.807, 2.05) is 24.0 Å². The van der Waals surface area contributed by atoms with Crippen molar-refractivity contribution < 1.29 is 19.7 Å². The smallest absolute Gasteiger partial charge is 0.323 e. The highest BCUT2D eigenvalue weighted by molar-refractivity contribution is 5.73. The van der Waals surface area contributed by atoms with E-state index in [4.69, 9.17) is 4.74 Å². The van der Waals surface area contributed by atoms with Gasteiger partial charge in [0, 0.05) is 12.6 Å². The number of aromatic hydroxyl groups is 1. The standard InChI is InChI=1S/C13H17NO4/c1-9(10-2-4-11(15)5-3-10)14-6-7-18-8-12(14)13(16)17/h2-5,9,12,15H,6-8H2,1H3,(H,16,17). The Labute approximate surface area is 106 Å². The van der Waals surface area contributed by atoms with Crippen molar-refractivity contribution in [1.29, 1.82) is 0 Å². The van der Waals surface area contributed by atoms with Crippen LogP contribution in [0.1, 0.15) is 18.5 Å². The van der Waals surface area contributed by atoms with E-state index in [1.165, 1.54) is 0 Å². The van der Waals surface area contributed by atoms with E-state index in [0.29, 0.717) is 13.2 Å². The summed E-state index contributed by atoms with van der Waals surface area (Å²) in [5.74, 6) is -0.650. The topological polar surface area (TPSA) is 70.0 Å². The van der Waals surface area contributed by atoms with Gasteiger partial charge >= 0.3 is 5.97 Å². The van der Waals surface area contributed by atoms with Gasteiger partial charge in [0.1, 0.15) is 11.8 Å². The van der Waals surface area contributed by atoms with Crippen molar-refractivity contribution in [3.63, 3.8) is 0 Å². The summed E-state index contributed by atoms with van der Waals surface area (Å²) in [5.41, 5.74) is 0.987. The molecule has 0 aliphatic carbocycles. The van der Waals surface area contributed by atoms with Gasteiger partial charge in [-0.2, -0.15) is 0 Å². The number of carboxylic acid groups (broad SMARTS) is 1. The molecule has 0 radical (unpaired) electrons. The summed E-state index contributed by atoms with van der Waals surface area (Å²) in [6, 6.07) is 6.23. The lowest BCUT2D eigenvalue weighted by atomic mass is 10.0. The average molecular weight is 251 g/mol. The van der Waals surface area contributed by atoms with Gasteiger partial charge in [-0.05, 0) is 24.6 Å². The van der Waals surface area contributed by atoms with E-state index in [1.54, 1.807) is 12.1 Å². The van der Waals surface area contributed by atoms with Crippen LogP contribution in [-0.4, -0.2) is 46.9 Å². The Balaban J connectivity index is 2.17. The minimum Gasteiger partial charge on any atom is -0.508 e. The zero-order valence-corrected chi connectivity index (χ0v) is 10.2. The van der Waals surface area contributed by atoms with Crippen LogP contribution in [0.3, 0.4) is 0 Å². The van der Waals surface area contributed by atoms with Crippen molar-refractivity contribution in [1.82, 2.24) is 4.90 Å². The largest absolute Gasteiger partial charge is 0.508 e. The molecule has 2 rings (SSSR count). The van der Waals surface area contributed by atoms with Crippen LogP contribution in [0.15, 0.2) is 24.3 Å². The second kappa shape index (κ2) is 5.37. The molecule has 2 atom stereocenters. The van der Waals surface area contributed by atoms with Crippen LogP contribution >= 0.6 is 0 Å². The molecule has 18 heavy (non-hydrogen) atoms. The Kier molecular flexibility index (Phi) is 3.84. The number of morpholine rings is 1. The first-order valence-corrected chi connectivity index (χ1v) is 5.95. The van der Waals surface area contributed by atoms with Gasteiger partial charge in [-0.15, -0.1) is 0 Å². The van der Waals surface area contributed by atoms with Gasteiger partial charge < -0.3 is 14.9 Å². The summed E-state index contributed by atoms with van der Waals surface area (Å²) in [4.78, 5) is 13.1. The maximum absolute atomic E-state index is 11.2. The monoisotopic (exact) mass is 251 g/mol. The highest BCUT2D eigenvalue weighted by Crippen LogP contribution is 2.25. The second-order valence-corrected chi connectivity index (χ2v) is 4.43. The van der Waals surface area contributed by atoms with Crippen LogP contribution in [0.4, 0.5) is 0 Å². The lowest BCUT2D eigenvalue weighted by Crippen LogP contribution is -2.50. The molecule has 1 aliphatic rings. The maximum atomic E-state index is 11.2. The molecular weight excluding hydrogens is 234 g/mol. The first kappa shape index (κ1) is 12.9. The molecule has 5 nitrogen and oxygen atoms in total. The number of aliphatic carboxylic acids is 1. The molecular formula is C13H17NO4. The molecule has 0 amide bonds. The number of ether oxygens (including phenoxy) is 1. The number of carbonyl (C=O) groups is 1. The Bertz CT molecular complexity index is 418. The molecule has 1 heterocycles. The zero-order chi connectivity index (χ0) is 13.1. The molecule has 0 bridgehead atoms. The van der Waals surface area contributed by atoms with E-state index in [9.17, 15) is 15.0 Å². The summed E-state index contributed by atoms with van der Waals surface area (Å²) in [6.07, 6.45) is 0. The molecule has 1 fully saturated rings. The summed E-state index contributed by atoms with van der Waals surface area (Å²) in [6.45, 7) is 3.33. The minimum atomic E-state index is -0.861. The van der Waals surface area contributed by atoms with Crippen LogP contribution in [0.2, 0.25) is 0 Å². The van der Waals surface area contributed by atoms with Crippen molar-refractivity contribution in [2.75, 3.05) is 19.8 Å². The quantitative estimate of drug-likeness (QED) is 0.845. The molecule has 0 spiro atoms. The summed E-state index contributed by atoms with van der Waals surface area (Å²) in [7, 11) is 0. The minimum absolute atomic E-state index is 0.0180. The highest BCUT2D eigenvalue weighted by atomic mass is 16.5. The SMILES string of the molecule is CC(c1ccc(O)cc1)N1CCOCC1C(=O)O. The number of benzene rings is 1. The molecule has 2 N–H and O–H groups in total. The number of phenols is 1. The predicted octanol–water partition coefficient (Wildman–Crippen LogP) is 1.24. The van der Waals surface area contributed by atoms with Gasteiger partial charge in [0.2, 0.25) is 0 Å². The number of nitrogens with zero attached hydrogens (tertiary/aromatic N) is 1. The van der Waals surface area contributed by atoms with Crippen LogP contribution in [0.25, 0.3) is 0 Å². The fourth-order valence-corrected chi connectivity index (χ4v) is 2.24. The van der Waals surface area contributed by atoms with Gasteiger partial charge in [0.25, 0.3) is 0 Å². The Morgan fingerprint density at radius 1 is 1.44 bits per heavy atom. The van der Waals surface area contributed by atoms with Crippen molar-refractivity contribution >= 4 is 5.97 Å². The molecule has 0 saturated carbocycles. The number of hydrogen-bond acceptors (Lipinski definition) is 4. The third-order valence-corrected chi connectivity index (χ3v) is 3.33. The van der Waals surface area contributed by atoms with E-state index in [2.05, 4.69) is 0 Å². The van der Waals surface area contributed by atoms with Crippen molar-refractivity contribution in [2.45, 2.75) is 19.0 Å². The predicted molar refractivity (Wildman–Crippen MR) is 65.5 cm³/mol. The molecule has 1 aromatic carbocycles. The second-order valence-electron chi connectivity index (χ2n) is 4.43. The molecule has 1 saturated heterocycles. The van der Waals surface area contributed by atoms with Gasteiger partial charge in [-0.3, -0.25) is 9.69 Å². The Morgan fingerprint density at radius 3 is 2.72 bits per heavy atom. The molecule has 2 unspecified atom stereocenters. The number of phenolic OH excluding ortho intramolecular Hbond substituents is 1. The van der Waals surface area contributed by atoms with Gasteiger partial charge in [-0.25, -0.2) is 0 Å². The zero-order valence-electron chi connectivity index (χ0n) is 10.2. The van der Waals surface area contributed by atoms with E-state index < -0.39 is 12.0 Å². The fourth-order valence-electron chi connectivity index (χ4n) is 2.24. The van der Waals surface area contributed by atoms with Crippen LogP contribution in [0, 0.1) is 0 Å². The molecule has 5 heteroatoms. The molecule has 1 aliphatic heterocycles. The number of rotatable bonds is 3. The molecule has 98 valence electrons. The van der Waals surface area contributed by atoms with Gasteiger partial charge in [0.15, 0.2) is 0 Å². The summed E-state index contributed by atoms with van der Waals surface area (Å²) < 4.78 is 5.22. The van der Waals surface area contributed by atoms with Crippen LogP contribution in [-0.2, 0) is 9.53 Å². The van der Waals surface area contributed by atoms with Gasteiger partial charge in [0.05, 0.1) is 13.2 Å². The van der Waals surface area contributed by atoms with Crippen molar-refractivity contribution in [3.8, 4) is 5.75 Å². The normalized spacial score (nSPS) is 22.6. The first-order valence-electron chi connectivity index (χ1n) is 5.95. The Morgan fingerprint density at radius 2 is 2.11 bits per heavy atom. The van der Waals surface area contributed by atoms with E-state index in [-0.39, 0.29) is 18.4 Å². The Hall–Kier alpha value is -1.59. The number of carboxylic acids is 1. The molecule has 0 aromatic heterocycles. The van der Waals surface area contributed by atoms with Crippen molar-refractivity contribution in [2.24, 2.45) is 0 Å². The maximum Gasteiger partial charge on any atom is 0.323 e. The lowest BCUT2D eigenvalue weighted by molar-refractivity contribution is -0.151. The van der Waals surface area contributed by atoms with E-state index >= 15 is 0 Å². The molecule has 1 aromatic rings. The van der Waals surface area contributed by atoms with Crippen LogP contribution in [0.5, 0.6) is 5.75 Å². The average Bonchev–Trinajstić information content (AvgIpc) is 2.39. The third-order valence-electron chi connectivity index (χ3n) is 3.33. The number of hydrogen-bond donors (Lipinski definition) is 2. The van der Waals surface area contributed by atoms with Crippen molar-refractivity contribution in [3.05, 3.63) is 29.8 Å². The highest BCUT2D eigenvalue weighted by Gasteiger charge is 2.32. The third kappa shape index (κ3) is 2.63. The van der Waals surface area contributed by atoms with E-state index in [0.717, 1.165) is 5.56 Å². The first-order chi connectivity index (χ1) is 8.59.